The van der Waals surface area contributed by atoms with E-state index in [1.165, 1.54) is 0 Å². The second-order valence-electron chi connectivity index (χ2n) is 6.87. The topological polar surface area (TPSA) is 36.9 Å². The number of benzene rings is 1. The van der Waals surface area contributed by atoms with Crippen molar-refractivity contribution in [2.75, 3.05) is 0 Å². The van der Waals surface area contributed by atoms with Crippen LogP contribution < -0.4 is 14.9 Å². The SMILES string of the molecule is CC1(C)Oc2cccc(B3OC(C)(C)C(C)(C)O3)c2O1. The molecule has 2 heterocycles. The summed E-state index contributed by atoms with van der Waals surface area (Å²) >= 11 is 0. The second kappa shape index (κ2) is 3.92. The highest BCUT2D eigenvalue weighted by molar-refractivity contribution is 6.63. The number of hydrogen-bond donors (Lipinski definition) is 0. The van der Waals surface area contributed by atoms with E-state index in [-0.39, 0.29) is 11.2 Å². The predicted molar refractivity (Wildman–Crippen MR) is 77.5 cm³/mol. The minimum absolute atomic E-state index is 0.366. The summed E-state index contributed by atoms with van der Waals surface area (Å²) in [6, 6.07) is 5.80. The first-order valence-corrected chi connectivity index (χ1v) is 6.98. The highest BCUT2D eigenvalue weighted by Gasteiger charge is 2.53. The van der Waals surface area contributed by atoms with Crippen molar-refractivity contribution in [1.82, 2.24) is 0 Å². The minimum atomic E-state index is -0.651. The van der Waals surface area contributed by atoms with Crippen molar-refractivity contribution < 1.29 is 18.8 Å². The van der Waals surface area contributed by atoms with Crippen LogP contribution in [0.3, 0.4) is 0 Å². The number of para-hydroxylation sites is 1. The maximum Gasteiger partial charge on any atom is 0.498 e. The second-order valence-corrected chi connectivity index (χ2v) is 6.87. The molecule has 0 N–H and O–H groups in total. The van der Waals surface area contributed by atoms with Gasteiger partial charge in [-0.1, -0.05) is 12.1 Å². The Labute approximate surface area is 120 Å². The van der Waals surface area contributed by atoms with Crippen LogP contribution in [0.4, 0.5) is 0 Å². The monoisotopic (exact) mass is 276 g/mol. The van der Waals surface area contributed by atoms with Crippen molar-refractivity contribution in [2.24, 2.45) is 0 Å². The molecule has 2 aliphatic rings. The summed E-state index contributed by atoms with van der Waals surface area (Å²) in [5.74, 6) is 0.806. The van der Waals surface area contributed by atoms with Crippen LogP contribution in [0.2, 0.25) is 0 Å². The van der Waals surface area contributed by atoms with Crippen molar-refractivity contribution in [1.29, 1.82) is 0 Å². The van der Waals surface area contributed by atoms with Gasteiger partial charge in [0.15, 0.2) is 11.5 Å². The largest absolute Gasteiger partial charge is 0.498 e. The summed E-state index contributed by atoms with van der Waals surface area (Å²) in [5, 5.41) is 0. The Hall–Kier alpha value is -1.20. The van der Waals surface area contributed by atoms with Gasteiger partial charge in [0.2, 0.25) is 5.79 Å². The van der Waals surface area contributed by atoms with Gasteiger partial charge in [-0.05, 0) is 33.8 Å². The number of fused-ring (bicyclic) bond motifs is 1. The van der Waals surface area contributed by atoms with Crippen LogP contribution in [0.25, 0.3) is 0 Å². The summed E-state index contributed by atoms with van der Waals surface area (Å²) < 4.78 is 23.8. The first kappa shape index (κ1) is 13.8. The first-order chi connectivity index (χ1) is 9.11. The smallest absolute Gasteiger partial charge is 0.449 e. The Kier molecular flexibility index (Phi) is 2.70. The molecule has 2 aliphatic heterocycles. The quantitative estimate of drug-likeness (QED) is 0.738. The molecule has 0 amide bonds. The molecule has 5 heteroatoms. The Morgan fingerprint density at radius 1 is 0.850 bits per heavy atom. The van der Waals surface area contributed by atoms with Crippen LogP contribution in [0.5, 0.6) is 11.5 Å². The summed E-state index contributed by atoms with van der Waals surface area (Å²) in [4.78, 5) is 0. The van der Waals surface area contributed by atoms with Gasteiger partial charge in [-0.3, -0.25) is 0 Å². The van der Waals surface area contributed by atoms with Gasteiger partial charge < -0.3 is 18.8 Å². The maximum absolute atomic E-state index is 6.09. The Balaban J connectivity index is 1.97. The molecule has 1 saturated heterocycles. The van der Waals surface area contributed by atoms with Gasteiger partial charge in [-0.15, -0.1) is 0 Å². The molecular formula is C15H21BO4. The molecule has 1 aromatic rings. The molecular weight excluding hydrogens is 255 g/mol. The summed E-state index contributed by atoms with van der Waals surface area (Å²) in [6.07, 6.45) is 0. The minimum Gasteiger partial charge on any atom is -0.449 e. The molecule has 4 nitrogen and oxygen atoms in total. The molecule has 0 atom stereocenters. The molecule has 0 spiro atoms. The van der Waals surface area contributed by atoms with Crippen LogP contribution >= 0.6 is 0 Å². The first-order valence-electron chi connectivity index (χ1n) is 6.98. The fourth-order valence-corrected chi connectivity index (χ4v) is 2.41. The van der Waals surface area contributed by atoms with Gasteiger partial charge in [0.05, 0.1) is 11.2 Å². The zero-order valence-electron chi connectivity index (χ0n) is 12.9. The Morgan fingerprint density at radius 3 is 2.05 bits per heavy atom. The third-order valence-electron chi connectivity index (χ3n) is 4.22. The molecule has 0 saturated carbocycles. The van der Waals surface area contributed by atoms with Crippen molar-refractivity contribution >= 4 is 12.6 Å². The van der Waals surface area contributed by atoms with E-state index < -0.39 is 12.9 Å². The van der Waals surface area contributed by atoms with Crippen LogP contribution in [0, 0.1) is 0 Å². The molecule has 0 bridgehead atoms. The van der Waals surface area contributed by atoms with E-state index >= 15 is 0 Å². The van der Waals surface area contributed by atoms with Crippen LogP contribution in [0.1, 0.15) is 41.5 Å². The lowest BCUT2D eigenvalue weighted by Gasteiger charge is -2.32. The highest BCUT2D eigenvalue weighted by Crippen LogP contribution is 2.41. The molecule has 20 heavy (non-hydrogen) atoms. The molecule has 1 fully saturated rings. The highest BCUT2D eigenvalue weighted by atomic mass is 16.7. The van der Waals surface area contributed by atoms with E-state index in [1.807, 2.05) is 59.7 Å². The van der Waals surface area contributed by atoms with Crippen molar-refractivity contribution in [3.8, 4) is 11.5 Å². The lowest BCUT2D eigenvalue weighted by Crippen LogP contribution is -2.41. The van der Waals surface area contributed by atoms with Gasteiger partial charge in [0, 0.05) is 19.3 Å². The fourth-order valence-electron chi connectivity index (χ4n) is 2.41. The van der Waals surface area contributed by atoms with Crippen molar-refractivity contribution in [2.45, 2.75) is 58.5 Å². The number of rotatable bonds is 1. The summed E-state index contributed by atoms with van der Waals surface area (Å²) in [7, 11) is -0.438. The van der Waals surface area contributed by atoms with E-state index in [2.05, 4.69) is 0 Å². The van der Waals surface area contributed by atoms with Gasteiger partial charge >= 0.3 is 7.12 Å². The van der Waals surface area contributed by atoms with E-state index in [0.717, 1.165) is 17.0 Å². The van der Waals surface area contributed by atoms with Crippen molar-refractivity contribution in [3.63, 3.8) is 0 Å². The third-order valence-corrected chi connectivity index (χ3v) is 4.22. The zero-order valence-corrected chi connectivity index (χ0v) is 12.9. The van der Waals surface area contributed by atoms with E-state index in [4.69, 9.17) is 18.8 Å². The lowest BCUT2D eigenvalue weighted by atomic mass is 9.78. The number of ether oxygens (including phenoxy) is 2. The molecule has 1 aromatic carbocycles. The predicted octanol–water partition coefficient (Wildman–Crippen LogP) is 2.49. The lowest BCUT2D eigenvalue weighted by molar-refractivity contribution is -0.0428. The van der Waals surface area contributed by atoms with Gasteiger partial charge in [0.25, 0.3) is 0 Å². The third kappa shape index (κ3) is 2.00. The molecule has 0 unspecified atom stereocenters. The summed E-state index contributed by atoms with van der Waals surface area (Å²) in [5.41, 5.74) is 0.150. The van der Waals surface area contributed by atoms with E-state index in [1.54, 1.807) is 0 Å². The average molecular weight is 276 g/mol. The maximum atomic E-state index is 6.09. The molecule has 3 rings (SSSR count). The van der Waals surface area contributed by atoms with E-state index in [9.17, 15) is 0 Å². The van der Waals surface area contributed by atoms with Gasteiger partial charge in [-0.25, -0.2) is 0 Å². The van der Waals surface area contributed by atoms with Crippen LogP contribution in [-0.2, 0) is 9.31 Å². The molecule has 108 valence electrons. The molecule has 0 aromatic heterocycles. The van der Waals surface area contributed by atoms with Gasteiger partial charge in [0.1, 0.15) is 0 Å². The average Bonchev–Trinajstić information content (AvgIpc) is 2.70. The normalized spacial score (nSPS) is 25.0. The fraction of sp³-hybridized carbons (Fsp3) is 0.600. The zero-order chi connectivity index (χ0) is 14.8. The van der Waals surface area contributed by atoms with E-state index in [0.29, 0.717) is 0 Å². The Morgan fingerprint density at radius 2 is 1.45 bits per heavy atom. The standard InChI is InChI=1S/C15H21BO4/c1-13(2)14(3,4)20-16(19-13)10-8-7-9-11-12(10)18-15(5,6)17-11/h7-9H,1-6H3. The van der Waals surface area contributed by atoms with Gasteiger partial charge in [-0.2, -0.15) is 0 Å². The Bertz CT molecular complexity index is 535. The molecule has 0 aliphatic carbocycles. The molecule has 0 radical (unpaired) electrons. The van der Waals surface area contributed by atoms with Crippen LogP contribution in [0.15, 0.2) is 18.2 Å². The van der Waals surface area contributed by atoms with Crippen LogP contribution in [-0.4, -0.2) is 24.1 Å². The number of hydrogen-bond acceptors (Lipinski definition) is 4. The summed E-state index contributed by atoms with van der Waals surface area (Å²) in [6.45, 7) is 11.9. The van der Waals surface area contributed by atoms with Crippen molar-refractivity contribution in [3.05, 3.63) is 18.2 Å².